The van der Waals surface area contributed by atoms with Gasteiger partial charge in [0.15, 0.2) is 0 Å². The van der Waals surface area contributed by atoms with E-state index in [1.165, 1.54) is 17.2 Å². The first kappa shape index (κ1) is 14.0. The third kappa shape index (κ3) is 3.14. The Kier molecular flexibility index (Phi) is 4.23. The van der Waals surface area contributed by atoms with Crippen LogP contribution < -0.4 is 5.73 Å². The van der Waals surface area contributed by atoms with Crippen LogP contribution in [0, 0.1) is 19.7 Å². The smallest absolute Gasteiger partial charge is 0.141 e. The lowest BCUT2D eigenvalue weighted by Crippen LogP contribution is -2.15. The number of hydrogen-bond acceptors (Lipinski definition) is 1. The highest BCUT2D eigenvalue weighted by atomic mass is 35.5. The van der Waals surface area contributed by atoms with Gasteiger partial charge in [-0.1, -0.05) is 35.9 Å². The van der Waals surface area contributed by atoms with Crippen molar-refractivity contribution in [1.29, 1.82) is 0 Å². The quantitative estimate of drug-likeness (QED) is 0.887. The first-order valence-electron chi connectivity index (χ1n) is 6.24. The van der Waals surface area contributed by atoms with E-state index in [0.717, 1.165) is 11.1 Å². The van der Waals surface area contributed by atoms with Gasteiger partial charge in [0.25, 0.3) is 0 Å². The first-order chi connectivity index (χ1) is 8.99. The second kappa shape index (κ2) is 5.72. The van der Waals surface area contributed by atoms with E-state index in [0.29, 0.717) is 6.42 Å². The molecule has 0 amide bonds. The number of aryl methyl sites for hydroxylation is 1. The summed E-state index contributed by atoms with van der Waals surface area (Å²) >= 11 is 5.78. The minimum atomic E-state index is -0.397. The standard InChI is InChI=1S/C16H17ClFN/c1-10-4-3-5-13(11(10)2)16(19)9-12-6-7-15(18)14(17)8-12/h3-8,16H,9,19H2,1-2H3. The molecule has 0 aliphatic carbocycles. The predicted molar refractivity (Wildman–Crippen MR) is 78.0 cm³/mol. The molecule has 2 N–H and O–H groups in total. The van der Waals surface area contributed by atoms with Gasteiger partial charge in [0, 0.05) is 6.04 Å². The Morgan fingerprint density at radius 3 is 2.63 bits per heavy atom. The molecule has 2 aromatic rings. The lowest BCUT2D eigenvalue weighted by molar-refractivity contribution is 0.626. The molecule has 0 bridgehead atoms. The normalized spacial score (nSPS) is 12.5. The molecule has 0 heterocycles. The average Bonchev–Trinajstić information content (AvgIpc) is 2.37. The topological polar surface area (TPSA) is 26.0 Å². The summed E-state index contributed by atoms with van der Waals surface area (Å²) in [5.41, 5.74) is 10.8. The third-order valence-electron chi connectivity index (χ3n) is 3.49. The Bertz CT molecular complexity index is 595. The van der Waals surface area contributed by atoms with E-state index in [4.69, 9.17) is 17.3 Å². The third-order valence-corrected chi connectivity index (χ3v) is 3.78. The van der Waals surface area contributed by atoms with E-state index < -0.39 is 5.82 Å². The molecule has 0 fully saturated rings. The summed E-state index contributed by atoms with van der Waals surface area (Å²) in [6, 6.07) is 10.8. The van der Waals surface area contributed by atoms with E-state index in [1.807, 2.05) is 12.1 Å². The summed E-state index contributed by atoms with van der Waals surface area (Å²) in [4.78, 5) is 0. The van der Waals surface area contributed by atoms with Crippen LogP contribution in [-0.2, 0) is 6.42 Å². The van der Waals surface area contributed by atoms with E-state index >= 15 is 0 Å². The zero-order valence-electron chi connectivity index (χ0n) is 11.1. The molecule has 2 aromatic carbocycles. The van der Waals surface area contributed by atoms with Crippen LogP contribution in [0.5, 0.6) is 0 Å². The minimum absolute atomic E-state index is 0.110. The van der Waals surface area contributed by atoms with Crippen LogP contribution in [0.25, 0.3) is 0 Å². The van der Waals surface area contributed by atoms with Gasteiger partial charge in [-0.3, -0.25) is 0 Å². The lowest BCUT2D eigenvalue weighted by atomic mass is 9.94. The molecule has 0 spiro atoms. The number of rotatable bonds is 3. The summed E-state index contributed by atoms with van der Waals surface area (Å²) in [5.74, 6) is -0.397. The second-order valence-corrected chi connectivity index (χ2v) is 5.26. The summed E-state index contributed by atoms with van der Waals surface area (Å²) in [6.07, 6.45) is 0.643. The van der Waals surface area contributed by atoms with Crippen LogP contribution in [0.4, 0.5) is 4.39 Å². The molecular weight excluding hydrogens is 261 g/mol. The molecule has 19 heavy (non-hydrogen) atoms. The Hall–Kier alpha value is -1.38. The van der Waals surface area contributed by atoms with Gasteiger partial charge in [-0.15, -0.1) is 0 Å². The molecule has 1 unspecified atom stereocenters. The SMILES string of the molecule is Cc1cccc(C(N)Cc2ccc(F)c(Cl)c2)c1C. The Morgan fingerprint density at radius 2 is 1.95 bits per heavy atom. The summed E-state index contributed by atoms with van der Waals surface area (Å²) in [6.45, 7) is 4.14. The summed E-state index contributed by atoms with van der Waals surface area (Å²) < 4.78 is 13.1. The number of halogens is 2. The molecule has 2 rings (SSSR count). The zero-order chi connectivity index (χ0) is 14.0. The number of benzene rings is 2. The maximum Gasteiger partial charge on any atom is 0.141 e. The molecule has 1 nitrogen and oxygen atoms in total. The molecule has 0 saturated heterocycles. The monoisotopic (exact) mass is 277 g/mol. The number of hydrogen-bond donors (Lipinski definition) is 1. The van der Waals surface area contributed by atoms with Gasteiger partial charge in [-0.2, -0.15) is 0 Å². The van der Waals surface area contributed by atoms with E-state index in [-0.39, 0.29) is 11.1 Å². The van der Waals surface area contributed by atoms with Crippen LogP contribution in [0.15, 0.2) is 36.4 Å². The molecule has 0 aromatic heterocycles. The van der Waals surface area contributed by atoms with Crippen LogP contribution >= 0.6 is 11.6 Å². The summed E-state index contributed by atoms with van der Waals surface area (Å²) in [7, 11) is 0. The Balaban J connectivity index is 2.23. The van der Waals surface area contributed by atoms with E-state index in [1.54, 1.807) is 12.1 Å². The van der Waals surface area contributed by atoms with Gasteiger partial charge in [0.05, 0.1) is 5.02 Å². The molecule has 0 aliphatic heterocycles. The van der Waals surface area contributed by atoms with Crippen LogP contribution in [0.1, 0.15) is 28.3 Å². The fourth-order valence-corrected chi connectivity index (χ4v) is 2.41. The predicted octanol–water partition coefficient (Wildman–Crippen LogP) is 4.34. The van der Waals surface area contributed by atoms with Crippen molar-refractivity contribution in [3.05, 3.63) is 69.5 Å². The largest absolute Gasteiger partial charge is 0.324 e. The molecular formula is C16H17ClFN. The van der Waals surface area contributed by atoms with Crippen LogP contribution in [-0.4, -0.2) is 0 Å². The van der Waals surface area contributed by atoms with Gasteiger partial charge in [0.2, 0.25) is 0 Å². The van der Waals surface area contributed by atoms with Crippen molar-refractivity contribution in [1.82, 2.24) is 0 Å². The highest BCUT2D eigenvalue weighted by Crippen LogP contribution is 2.24. The fraction of sp³-hybridized carbons (Fsp3) is 0.250. The van der Waals surface area contributed by atoms with Gasteiger partial charge in [-0.05, 0) is 54.7 Å². The average molecular weight is 278 g/mol. The zero-order valence-corrected chi connectivity index (χ0v) is 11.8. The highest BCUT2D eigenvalue weighted by Gasteiger charge is 2.11. The van der Waals surface area contributed by atoms with Gasteiger partial charge < -0.3 is 5.73 Å². The lowest BCUT2D eigenvalue weighted by Gasteiger charge is -2.16. The van der Waals surface area contributed by atoms with Gasteiger partial charge in [-0.25, -0.2) is 4.39 Å². The van der Waals surface area contributed by atoms with Crippen molar-refractivity contribution < 1.29 is 4.39 Å². The van der Waals surface area contributed by atoms with Crippen molar-refractivity contribution in [2.45, 2.75) is 26.3 Å². The Labute approximate surface area is 118 Å². The van der Waals surface area contributed by atoms with Crippen molar-refractivity contribution in [2.24, 2.45) is 5.73 Å². The van der Waals surface area contributed by atoms with Gasteiger partial charge >= 0.3 is 0 Å². The molecule has 0 radical (unpaired) electrons. The molecule has 3 heteroatoms. The maximum atomic E-state index is 13.1. The Morgan fingerprint density at radius 1 is 1.21 bits per heavy atom. The van der Waals surface area contributed by atoms with Crippen molar-refractivity contribution in [3.8, 4) is 0 Å². The molecule has 100 valence electrons. The van der Waals surface area contributed by atoms with Gasteiger partial charge in [0.1, 0.15) is 5.82 Å². The molecule has 0 saturated carbocycles. The maximum absolute atomic E-state index is 13.1. The van der Waals surface area contributed by atoms with Crippen molar-refractivity contribution >= 4 is 11.6 Å². The minimum Gasteiger partial charge on any atom is -0.324 e. The van der Waals surface area contributed by atoms with Crippen molar-refractivity contribution in [2.75, 3.05) is 0 Å². The van der Waals surface area contributed by atoms with E-state index in [2.05, 4.69) is 19.9 Å². The van der Waals surface area contributed by atoms with Crippen LogP contribution in [0.3, 0.4) is 0 Å². The van der Waals surface area contributed by atoms with Crippen molar-refractivity contribution in [3.63, 3.8) is 0 Å². The highest BCUT2D eigenvalue weighted by molar-refractivity contribution is 6.30. The fourth-order valence-electron chi connectivity index (χ4n) is 2.21. The van der Waals surface area contributed by atoms with Crippen LogP contribution in [0.2, 0.25) is 5.02 Å². The second-order valence-electron chi connectivity index (χ2n) is 4.85. The number of nitrogens with two attached hydrogens (primary N) is 1. The molecule has 0 aliphatic rings. The molecule has 1 atom stereocenters. The summed E-state index contributed by atoms with van der Waals surface area (Å²) in [5, 5.41) is 0.144. The van der Waals surface area contributed by atoms with E-state index in [9.17, 15) is 4.39 Å². The first-order valence-corrected chi connectivity index (χ1v) is 6.62.